The van der Waals surface area contributed by atoms with Crippen molar-refractivity contribution in [3.63, 3.8) is 0 Å². The Kier molecular flexibility index (Phi) is 4.95. The predicted octanol–water partition coefficient (Wildman–Crippen LogP) is 3.58. The predicted molar refractivity (Wildman–Crippen MR) is 94.8 cm³/mol. The van der Waals surface area contributed by atoms with Crippen molar-refractivity contribution in [2.45, 2.75) is 13.0 Å². The zero-order chi connectivity index (χ0) is 16.2. The fourth-order valence-corrected chi connectivity index (χ4v) is 3.61. The molecule has 0 unspecified atom stereocenters. The average Bonchev–Trinajstić information content (AvgIpc) is 2.90. The van der Waals surface area contributed by atoms with Crippen LogP contribution in [0.25, 0.3) is 6.08 Å². The van der Waals surface area contributed by atoms with Gasteiger partial charge in [-0.15, -0.1) is 11.3 Å². The fraction of sp³-hybridized carbons (Fsp3) is 0.250. The summed E-state index contributed by atoms with van der Waals surface area (Å²) in [6.45, 7) is 1.89. The molecule has 1 aliphatic rings. The molecule has 0 saturated heterocycles. The van der Waals surface area contributed by atoms with Gasteiger partial charge in [0.05, 0.1) is 5.69 Å². The van der Waals surface area contributed by atoms with E-state index in [1.54, 1.807) is 18.3 Å². The number of thiazole rings is 1. The summed E-state index contributed by atoms with van der Waals surface area (Å²) in [6, 6.07) is 7.12. The molecular formula is C16H17ClN4OS. The number of amides is 2. The summed E-state index contributed by atoms with van der Waals surface area (Å²) in [5.74, 6) is 0. The van der Waals surface area contributed by atoms with Gasteiger partial charge in [0, 0.05) is 35.6 Å². The van der Waals surface area contributed by atoms with E-state index in [0.717, 1.165) is 30.8 Å². The van der Waals surface area contributed by atoms with Crippen LogP contribution in [0.5, 0.6) is 0 Å². The number of likely N-dealkylation sites (N-methyl/N-ethyl adjacent to an activating group) is 1. The number of hydrogen-bond donors (Lipinski definition) is 2. The van der Waals surface area contributed by atoms with Crippen LogP contribution in [0.1, 0.15) is 16.1 Å². The zero-order valence-electron chi connectivity index (χ0n) is 12.7. The third kappa shape index (κ3) is 4.10. The Bertz CT molecular complexity index is 743. The van der Waals surface area contributed by atoms with Crippen molar-refractivity contribution >= 4 is 40.2 Å². The second kappa shape index (κ2) is 7.12. The van der Waals surface area contributed by atoms with Crippen LogP contribution in [-0.4, -0.2) is 29.5 Å². The minimum absolute atomic E-state index is 0.312. The SMILES string of the molecule is CN1CCc2nc(NC(=O)N/C=C/c3ccccc3Cl)sc2C1. The van der Waals surface area contributed by atoms with Crippen LogP contribution in [0, 0.1) is 0 Å². The van der Waals surface area contributed by atoms with E-state index in [2.05, 4.69) is 27.6 Å². The first-order chi connectivity index (χ1) is 11.1. The van der Waals surface area contributed by atoms with Crippen LogP contribution in [0.3, 0.4) is 0 Å². The molecule has 1 aromatic carbocycles. The highest BCUT2D eigenvalue weighted by Crippen LogP contribution is 2.27. The van der Waals surface area contributed by atoms with Crippen molar-refractivity contribution in [3.8, 4) is 0 Å². The van der Waals surface area contributed by atoms with Crippen molar-refractivity contribution in [3.05, 3.63) is 51.6 Å². The summed E-state index contributed by atoms with van der Waals surface area (Å²) in [4.78, 5) is 19.9. The van der Waals surface area contributed by atoms with E-state index >= 15 is 0 Å². The van der Waals surface area contributed by atoms with Gasteiger partial charge >= 0.3 is 6.03 Å². The van der Waals surface area contributed by atoms with Gasteiger partial charge in [-0.25, -0.2) is 9.78 Å². The molecule has 2 amide bonds. The molecule has 0 radical (unpaired) electrons. The fourth-order valence-electron chi connectivity index (χ4n) is 2.33. The van der Waals surface area contributed by atoms with Gasteiger partial charge in [-0.2, -0.15) is 0 Å². The van der Waals surface area contributed by atoms with Crippen molar-refractivity contribution < 1.29 is 4.79 Å². The highest BCUT2D eigenvalue weighted by molar-refractivity contribution is 7.15. The molecule has 1 aliphatic heterocycles. The third-order valence-corrected chi connectivity index (χ3v) is 4.87. The maximum absolute atomic E-state index is 11.9. The molecule has 1 aromatic heterocycles. The van der Waals surface area contributed by atoms with Gasteiger partial charge in [-0.3, -0.25) is 5.32 Å². The lowest BCUT2D eigenvalue weighted by Crippen LogP contribution is -2.25. The first kappa shape index (κ1) is 16.0. The topological polar surface area (TPSA) is 57.3 Å². The monoisotopic (exact) mass is 348 g/mol. The summed E-state index contributed by atoms with van der Waals surface area (Å²) in [6.07, 6.45) is 4.25. The number of rotatable bonds is 3. The largest absolute Gasteiger partial charge is 0.325 e. The smallest absolute Gasteiger partial charge is 0.314 e. The minimum Gasteiger partial charge on any atom is -0.314 e. The van der Waals surface area contributed by atoms with E-state index in [0.29, 0.717) is 10.2 Å². The molecule has 7 heteroatoms. The number of nitrogens with one attached hydrogen (secondary N) is 2. The van der Waals surface area contributed by atoms with E-state index < -0.39 is 0 Å². The van der Waals surface area contributed by atoms with Gasteiger partial charge < -0.3 is 10.2 Å². The second-order valence-corrected chi connectivity index (χ2v) is 6.82. The number of benzene rings is 1. The quantitative estimate of drug-likeness (QED) is 0.891. The van der Waals surface area contributed by atoms with Crippen LogP contribution in [0.2, 0.25) is 5.02 Å². The summed E-state index contributed by atoms with van der Waals surface area (Å²) < 4.78 is 0. The lowest BCUT2D eigenvalue weighted by atomic mass is 10.2. The normalized spacial score (nSPS) is 14.7. The number of anilines is 1. The highest BCUT2D eigenvalue weighted by Gasteiger charge is 2.18. The Morgan fingerprint density at radius 3 is 3.09 bits per heavy atom. The molecule has 120 valence electrons. The molecule has 5 nitrogen and oxygen atoms in total. The molecule has 23 heavy (non-hydrogen) atoms. The molecule has 2 aromatic rings. The molecule has 0 fully saturated rings. The maximum Gasteiger partial charge on any atom is 0.325 e. The summed E-state index contributed by atoms with van der Waals surface area (Å²) >= 11 is 7.58. The molecule has 0 bridgehead atoms. The van der Waals surface area contributed by atoms with Crippen molar-refractivity contribution in [1.29, 1.82) is 0 Å². The number of aromatic nitrogens is 1. The average molecular weight is 349 g/mol. The first-order valence-electron chi connectivity index (χ1n) is 7.27. The molecular weight excluding hydrogens is 332 g/mol. The maximum atomic E-state index is 11.9. The Labute approximate surface area is 144 Å². The number of hydrogen-bond acceptors (Lipinski definition) is 4. The lowest BCUT2D eigenvalue weighted by Gasteiger charge is -2.20. The third-order valence-electron chi connectivity index (χ3n) is 3.53. The van der Waals surface area contributed by atoms with Gasteiger partial charge in [0.1, 0.15) is 0 Å². The van der Waals surface area contributed by atoms with Gasteiger partial charge in [0.2, 0.25) is 0 Å². The number of carbonyl (C=O) groups is 1. The van der Waals surface area contributed by atoms with Crippen LogP contribution in [0.4, 0.5) is 9.93 Å². The Morgan fingerprint density at radius 1 is 1.43 bits per heavy atom. The Balaban J connectivity index is 1.57. The van der Waals surface area contributed by atoms with Crippen molar-refractivity contribution in [1.82, 2.24) is 15.2 Å². The van der Waals surface area contributed by atoms with Crippen LogP contribution >= 0.6 is 22.9 Å². The number of nitrogens with zero attached hydrogens (tertiary/aromatic N) is 2. The number of fused-ring (bicyclic) bond motifs is 1. The van der Waals surface area contributed by atoms with E-state index in [9.17, 15) is 4.79 Å². The van der Waals surface area contributed by atoms with Gasteiger partial charge in [-0.1, -0.05) is 29.8 Å². The van der Waals surface area contributed by atoms with E-state index in [1.165, 1.54) is 16.2 Å². The molecule has 3 rings (SSSR count). The van der Waals surface area contributed by atoms with Crippen molar-refractivity contribution in [2.75, 3.05) is 18.9 Å². The minimum atomic E-state index is -0.312. The van der Waals surface area contributed by atoms with Gasteiger partial charge in [0.25, 0.3) is 0 Å². The van der Waals surface area contributed by atoms with Crippen LogP contribution in [0.15, 0.2) is 30.5 Å². The molecule has 2 N–H and O–H groups in total. The Hall–Kier alpha value is -1.89. The molecule has 0 aliphatic carbocycles. The lowest BCUT2D eigenvalue weighted by molar-refractivity contribution is 0.255. The van der Waals surface area contributed by atoms with Gasteiger partial charge in [-0.05, 0) is 24.8 Å². The number of halogens is 1. The van der Waals surface area contributed by atoms with E-state index in [4.69, 9.17) is 11.6 Å². The van der Waals surface area contributed by atoms with E-state index in [-0.39, 0.29) is 6.03 Å². The molecule has 0 atom stereocenters. The van der Waals surface area contributed by atoms with Crippen LogP contribution < -0.4 is 10.6 Å². The summed E-state index contributed by atoms with van der Waals surface area (Å²) in [5.41, 5.74) is 1.94. The Morgan fingerprint density at radius 2 is 2.26 bits per heavy atom. The number of urea groups is 1. The van der Waals surface area contributed by atoms with Crippen LogP contribution in [-0.2, 0) is 13.0 Å². The number of carbonyl (C=O) groups excluding carboxylic acids is 1. The van der Waals surface area contributed by atoms with E-state index in [1.807, 2.05) is 18.2 Å². The summed E-state index contributed by atoms with van der Waals surface area (Å²) in [7, 11) is 2.09. The summed E-state index contributed by atoms with van der Waals surface area (Å²) in [5, 5.41) is 6.71. The molecule has 0 saturated carbocycles. The first-order valence-corrected chi connectivity index (χ1v) is 8.47. The standard InChI is InChI=1S/C16H17ClN4OS/c1-21-9-7-13-14(10-21)23-16(19-13)20-15(22)18-8-6-11-4-2-3-5-12(11)17/h2-6,8H,7,9-10H2,1H3,(H2,18,19,20,22)/b8-6+. The molecule has 2 heterocycles. The zero-order valence-corrected chi connectivity index (χ0v) is 14.2. The van der Waals surface area contributed by atoms with Gasteiger partial charge in [0.15, 0.2) is 5.13 Å². The second-order valence-electron chi connectivity index (χ2n) is 5.33. The van der Waals surface area contributed by atoms with Crippen molar-refractivity contribution in [2.24, 2.45) is 0 Å². The highest BCUT2D eigenvalue weighted by atomic mass is 35.5. The molecule has 0 spiro atoms.